The topological polar surface area (TPSA) is 70.1 Å². The van der Waals surface area contributed by atoms with Gasteiger partial charge in [-0.2, -0.15) is 5.10 Å². The predicted molar refractivity (Wildman–Crippen MR) is 54.0 cm³/mol. The molecule has 2 N–H and O–H groups in total. The van der Waals surface area contributed by atoms with Gasteiger partial charge in [0, 0.05) is 6.07 Å². The fraction of sp³-hybridized carbons (Fsp3) is 0.556. The molecule has 0 aliphatic rings. The molecule has 5 nitrogen and oxygen atoms in total. The fourth-order valence-corrected chi connectivity index (χ4v) is 1.000. The highest BCUT2D eigenvalue weighted by Gasteiger charge is 1.99. The molecule has 0 atom stereocenters. The highest BCUT2D eigenvalue weighted by Crippen LogP contribution is 1.91. The standard InChI is InChI=1S/C9H15N3O2/c1-7(2)14-6-5-12-9(13)4-3-8(10)11-12/h3-4,7H,5-6H2,1-2H3,(H2,10,11). The maximum absolute atomic E-state index is 11.2. The summed E-state index contributed by atoms with van der Waals surface area (Å²) in [6.07, 6.45) is 0.159. The molecule has 0 bridgehead atoms. The first kappa shape index (κ1) is 10.7. The van der Waals surface area contributed by atoms with E-state index in [1.807, 2.05) is 13.8 Å². The first-order chi connectivity index (χ1) is 6.59. The molecule has 0 radical (unpaired) electrons. The van der Waals surface area contributed by atoms with Crippen molar-refractivity contribution in [1.29, 1.82) is 0 Å². The monoisotopic (exact) mass is 197 g/mol. The Bertz CT molecular complexity index is 346. The summed E-state index contributed by atoms with van der Waals surface area (Å²) in [5.74, 6) is 0.342. The summed E-state index contributed by atoms with van der Waals surface area (Å²) >= 11 is 0. The zero-order valence-electron chi connectivity index (χ0n) is 8.43. The van der Waals surface area contributed by atoms with Crippen LogP contribution in [-0.4, -0.2) is 22.5 Å². The van der Waals surface area contributed by atoms with Gasteiger partial charge in [0.25, 0.3) is 5.56 Å². The van der Waals surface area contributed by atoms with Crippen molar-refractivity contribution in [3.8, 4) is 0 Å². The van der Waals surface area contributed by atoms with E-state index in [1.165, 1.54) is 16.8 Å². The SMILES string of the molecule is CC(C)OCCn1nc(N)ccc1=O. The zero-order chi connectivity index (χ0) is 10.6. The zero-order valence-corrected chi connectivity index (χ0v) is 8.43. The number of anilines is 1. The fourth-order valence-electron chi connectivity index (χ4n) is 1.000. The van der Waals surface area contributed by atoms with E-state index in [0.29, 0.717) is 19.0 Å². The van der Waals surface area contributed by atoms with Crippen molar-refractivity contribution < 1.29 is 4.74 Å². The summed E-state index contributed by atoms with van der Waals surface area (Å²) in [4.78, 5) is 11.2. The van der Waals surface area contributed by atoms with Crippen molar-refractivity contribution in [2.45, 2.75) is 26.5 Å². The summed E-state index contributed by atoms with van der Waals surface area (Å²) in [5, 5.41) is 3.87. The highest BCUT2D eigenvalue weighted by molar-refractivity contribution is 5.23. The average molecular weight is 197 g/mol. The molecule has 0 spiro atoms. The molecular weight excluding hydrogens is 182 g/mol. The van der Waals surface area contributed by atoms with E-state index in [4.69, 9.17) is 10.5 Å². The Kier molecular flexibility index (Phi) is 3.64. The minimum Gasteiger partial charge on any atom is -0.382 e. The van der Waals surface area contributed by atoms with Gasteiger partial charge in [-0.15, -0.1) is 0 Å². The molecule has 0 aliphatic heterocycles. The summed E-state index contributed by atoms with van der Waals surface area (Å²) in [5.41, 5.74) is 5.29. The van der Waals surface area contributed by atoms with Crippen molar-refractivity contribution >= 4 is 5.82 Å². The maximum atomic E-state index is 11.2. The van der Waals surface area contributed by atoms with Gasteiger partial charge in [0.05, 0.1) is 19.3 Å². The van der Waals surface area contributed by atoms with E-state index in [2.05, 4.69) is 5.10 Å². The van der Waals surface area contributed by atoms with Gasteiger partial charge in [-0.3, -0.25) is 4.79 Å². The molecule has 0 fully saturated rings. The second kappa shape index (κ2) is 4.76. The van der Waals surface area contributed by atoms with Crippen molar-refractivity contribution in [2.24, 2.45) is 0 Å². The van der Waals surface area contributed by atoms with Gasteiger partial charge >= 0.3 is 0 Å². The first-order valence-corrected chi connectivity index (χ1v) is 4.55. The van der Waals surface area contributed by atoms with Crippen LogP contribution in [0.2, 0.25) is 0 Å². The van der Waals surface area contributed by atoms with E-state index < -0.39 is 0 Å². The lowest BCUT2D eigenvalue weighted by Crippen LogP contribution is -2.25. The second-order valence-electron chi connectivity index (χ2n) is 3.24. The number of nitrogen functional groups attached to an aromatic ring is 1. The van der Waals surface area contributed by atoms with Crippen LogP contribution in [0.4, 0.5) is 5.82 Å². The van der Waals surface area contributed by atoms with Crippen LogP contribution in [0, 0.1) is 0 Å². The molecule has 1 rings (SSSR count). The van der Waals surface area contributed by atoms with Gasteiger partial charge in [-0.1, -0.05) is 0 Å². The van der Waals surface area contributed by atoms with Crippen LogP contribution < -0.4 is 11.3 Å². The molecule has 0 aliphatic carbocycles. The molecule has 0 amide bonds. The molecule has 14 heavy (non-hydrogen) atoms. The Morgan fingerprint density at radius 3 is 2.93 bits per heavy atom. The van der Waals surface area contributed by atoms with Gasteiger partial charge in [0.1, 0.15) is 5.82 Å². The van der Waals surface area contributed by atoms with Crippen molar-refractivity contribution in [2.75, 3.05) is 12.3 Å². The molecule has 0 saturated heterocycles. The quantitative estimate of drug-likeness (QED) is 0.751. The minimum absolute atomic E-state index is 0.159. The lowest BCUT2D eigenvalue weighted by atomic mass is 10.5. The predicted octanol–water partition coefficient (Wildman–Crippen LogP) is 0.250. The Labute approximate surface area is 82.5 Å². The molecular formula is C9H15N3O2. The van der Waals surface area contributed by atoms with E-state index >= 15 is 0 Å². The summed E-state index contributed by atoms with van der Waals surface area (Å²) in [6.45, 7) is 4.78. The molecule has 1 heterocycles. The minimum atomic E-state index is -0.161. The van der Waals surface area contributed by atoms with Gasteiger partial charge in [0.2, 0.25) is 0 Å². The van der Waals surface area contributed by atoms with Crippen molar-refractivity contribution in [1.82, 2.24) is 9.78 Å². The number of rotatable bonds is 4. The van der Waals surface area contributed by atoms with Gasteiger partial charge in [-0.25, -0.2) is 4.68 Å². The third-order valence-electron chi connectivity index (χ3n) is 1.64. The van der Waals surface area contributed by atoms with Crippen LogP contribution in [0.25, 0.3) is 0 Å². The number of hydrogen-bond acceptors (Lipinski definition) is 4. The summed E-state index contributed by atoms with van der Waals surface area (Å²) in [6, 6.07) is 2.89. The van der Waals surface area contributed by atoms with Crippen LogP contribution in [0.1, 0.15) is 13.8 Å². The van der Waals surface area contributed by atoms with E-state index in [1.54, 1.807) is 0 Å². The van der Waals surface area contributed by atoms with Crippen molar-refractivity contribution in [3.63, 3.8) is 0 Å². The largest absolute Gasteiger partial charge is 0.382 e. The van der Waals surface area contributed by atoms with Crippen LogP contribution in [0.15, 0.2) is 16.9 Å². The average Bonchev–Trinajstić information content (AvgIpc) is 2.10. The van der Waals surface area contributed by atoms with Crippen LogP contribution in [0.5, 0.6) is 0 Å². The van der Waals surface area contributed by atoms with Gasteiger partial charge < -0.3 is 10.5 Å². The normalized spacial score (nSPS) is 10.8. The Hall–Kier alpha value is -1.36. The lowest BCUT2D eigenvalue weighted by Gasteiger charge is -2.08. The van der Waals surface area contributed by atoms with Gasteiger partial charge in [0.15, 0.2) is 0 Å². The van der Waals surface area contributed by atoms with Crippen LogP contribution in [0.3, 0.4) is 0 Å². The summed E-state index contributed by atoms with van der Waals surface area (Å²) in [7, 11) is 0. The Balaban J connectivity index is 2.58. The smallest absolute Gasteiger partial charge is 0.266 e. The van der Waals surface area contributed by atoms with E-state index in [-0.39, 0.29) is 11.7 Å². The number of nitrogens with two attached hydrogens (primary N) is 1. The van der Waals surface area contributed by atoms with Gasteiger partial charge in [-0.05, 0) is 19.9 Å². The van der Waals surface area contributed by atoms with E-state index in [9.17, 15) is 4.79 Å². The maximum Gasteiger partial charge on any atom is 0.266 e. The molecule has 0 unspecified atom stereocenters. The molecule has 5 heteroatoms. The molecule has 0 saturated carbocycles. The number of ether oxygens (including phenoxy) is 1. The van der Waals surface area contributed by atoms with E-state index in [0.717, 1.165) is 0 Å². The van der Waals surface area contributed by atoms with Crippen LogP contribution >= 0.6 is 0 Å². The summed E-state index contributed by atoms with van der Waals surface area (Å²) < 4.78 is 6.60. The third-order valence-corrected chi connectivity index (χ3v) is 1.64. The number of hydrogen-bond donors (Lipinski definition) is 1. The Morgan fingerprint density at radius 1 is 1.57 bits per heavy atom. The Morgan fingerprint density at radius 2 is 2.29 bits per heavy atom. The molecule has 0 aromatic carbocycles. The number of aromatic nitrogens is 2. The number of nitrogens with zero attached hydrogens (tertiary/aromatic N) is 2. The molecule has 1 aromatic rings. The van der Waals surface area contributed by atoms with Crippen LogP contribution in [-0.2, 0) is 11.3 Å². The highest BCUT2D eigenvalue weighted by atomic mass is 16.5. The molecule has 1 aromatic heterocycles. The van der Waals surface area contributed by atoms with Crippen molar-refractivity contribution in [3.05, 3.63) is 22.5 Å². The third kappa shape index (κ3) is 3.18. The lowest BCUT2D eigenvalue weighted by molar-refractivity contribution is 0.0703. The first-order valence-electron chi connectivity index (χ1n) is 4.55. The molecule has 78 valence electrons. The second-order valence-corrected chi connectivity index (χ2v) is 3.24.